The molecule has 4 nitrogen and oxygen atoms in total. The molecule has 1 rings (SSSR count). The molecule has 1 fully saturated rings. The van der Waals surface area contributed by atoms with Crippen molar-refractivity contribution in [3.63, 3.8) is 0 Å². The summed E-state index contributed by atoms with van der Waals surface area (Å²) in [5, 5.41) is 0. The van der Waals surface area contributed by atoms with Crippen LogP contribution in [-0.2, 0) is 14.3 Å². The molecule has 68 valence electrons. The lowest BCUT2D eigenvalue weighted by atomic mass is 10.3. The van der Waals surface area contributed by atoms with Gasteiger partial charge in [-0.25, -0.2) is 0 Å². The molecule has 0 aromatic rings. The fourth-order valence-electron chi connectivity index (χ4n) is 1.14. The van der Waals surface area contributed by atoms with Crippen LogP contribution in [0.1, 0.15) is 13.8 Å². The van der Waals surface area contributed by atoms with Gasteiger partial charge in [-0.15, -0.1) is 11.8 Å². The Bertz CT molecular complexity index is 195. The fraction of sp³-hybridized carbons (Fsp3) is 0.714. The van der Waals surface area contributed by atoms with Crippen molar-refractivity contribution in [1.82, 2.24) is 4.90 Å². The molecular weight excluding hydrogens is 178 g/mol. The van der Waals surface area contributed by atoms with E-state index in [0.717, 1.165) is 0 Å². The summed E-state index contributed by atoms with van der Waals surface area (Å²) in [5.74, 6) is 0.643. The minimum Gasteiger partial charge on any atom is -0.443 e. The molecule has 1 amide bonds. The lowest BCUT2D eigenvalue weighted by molar-refractivity contribution is -0.147. The second-order valence-corrected chi connectivity index (χ2v) is 4.58. The zero-order chi connectivity index (χ0) is 9.19. The fourth-order valence-corrected chi connectivity index (χ4v) is 2.24. The van der Waals surface area contributed by atoms with Crippen LogP contribution in [0, 0.1) is 0 Å². The zero-order valence-electron chi connectivity index (χ0n) is 7.02. The number of rotatable bonds is 3. The smallest absolute Gasteiger partial charge is 0.295 e. The summed E-state index contributed by atoms with van der Waals surface area (Å²) in [5.41, 5.74) is 0. The number of ether oxygens (including phenoxy) is 1. The Morgan fingerprint density at radius 3 is 2.75 bits per heavy atom. The molecule has 0 bridgehead atoms. The SMILES string of the molecule is CC1(C)SCC(OC=O)N1C=O. The summed E-state index contributed by atoms with van der Waals surface area (Å²) >= 11 is 1.59. The summed E-state index contributed by atoms with van der Waals surface area (Å²) < 4.78 is 4.74. The Labute approximate surface area is 75.2 Å². The van der Waals surface area contributed by atoms with E-state index in [1.54, 1.807) is 11.8 Å². The van der Waals surface area contributed by atoms with Gasteiger partial charge in [-0.05, 0) is 13.8 Å². The van der Waals surface area contributed by atoms with E-state index >= 15 is 0 Å². The Morgan fingerprint density at radius 2 is 2.25 bits per heavy atom. The maximum absolute atomic E-state index is 10.6. The van der Waals surface area contributed by atoms with Gasteiger partial charge in [-0.2, -0.15) is 0 Å². The molecule has 1 atom stereocenters. The van der Waals surface area contributed by atoms with E-state index in [9.17, 15) is 9.59 Å². The Balaban J connectivity index is 2.68. The molecule has 0 aromatic carbocycles. The average Bonchev–Trinajstić information content (AvgIpc) is 2.27. The first-order chi connectivity index (χ1) is 5.61. The molecule has 0 radical (unpaired) electrons. The molecule has 0 spiro atoms. The molecule has 1 aliphatic rings. The number of thioether (sulfide) groups is 1. The number of hydrogen-bond donors (Lipinski definition) is 0. The summed E-state index contributed by atoms with van der Waals surface area (Å²) in [4.78, 5) is 21.9. The molecular formula is C7H11NO3S. The molecule has 0 aromatic heterocycles. The van der Waals surface area contributed by atoms with Gasteiger partial charge in [0.25, 0.3) is 6.47 Å². The van der Waals surface area contributed by atoms with Gasteiger partial charge in [0.2, 0.25) is 6.41 Å². The van der Waals surface area contributed by atoms with E-state index in [1.165, 1.54) is 4.90 Å². The highest BCUT2D eigenvalue weighted by Gasteiger charge is 2.40. The number of carbonyl (C=O) groups is 2. The van der Waals surface area contributed by atoms with E-state index in [4.69, 9.17) is 4.74 Å². The van der Waals surface area contributed by atoms with E-state index in [0.29, 0.717) is 18.6 Å². The minimum absolute atomic E-state index is 0.268. The van der Waals surface area contributed by atoms with Gasteiger partial charge in [0.1, 0.15) is 0 Å². The molecule has 1 saturated heterocycles. The summed E-state index contributed by atoms with van der Waals surface area (Å²) in [6.45, 7) is 4.21. The number of amides is 1. The van der Waals surface area contributed by atoms with Gasteiger partial charge in [0.15, 0.2) is 6.23 Å². The highest BCUT2D eigenvalue weighted by molar-refractivity contribution is 8.00. The van der Waals surface area contributed by atoms with Gasteiger partial charge in [-0.1, -0.05) is 0 Å². The van der Waals surface area contributed by atoms with Gasteiger partial charge in [-0.3, -0.25) is 14.5 Å². The van der Waals surface area contributed by atoms with Crippen LogP contribution in [0.3, 0.4) is 0 Å². The third-order valence-electron chi connectivity index (χ3n) is 1.84. The van der Waals surface area contributed by atoms with Crippen molar-refractivity contribution < 1.29 is 14.3 Å². The van der Waals surface area contributed by atoms with Crippen molar-refractivity contribution in [2.45, 2.75) is 24.9 Å². The number of hydrogen-bond acceptors (Lipinski definition) is 4. The second-order valence-electron chi connectivity index (χ2n) is 2.96. The first kappa shape index (κ1) is 9.38. The lowest BCUT2D eigenvalue weighted by Gasteiger charge is -2.29. The molecule has 1 aliphatic heterocycles. The van der Waals surface area contributed by atoms with E-state index in [1.807, 2.05) is 13.8 Å². The number of carbonyl (C=O) groups excluding carboxylic acids is 2. The van der Waals surface area contributed by atoms with Gasteiger partial charge in [0, 0.05) is 0 Å². The lowest BCUT2D eigenvalue weighted by Crippen LogP contribution is -2.42. The Kier molecular flexibility index (Phi) is 2.62. The van der Waals surface area contributed by atoms with Gasteiger partial charge >= 0.3 is 0 Å². The largest absolute Gasteiger partial charge is 0.443 e. The zero-order valence-corrected chi connectivity index (χ0v) is 7.84. The third kappa shape index (κ3) is 1.55. The monoisotopic (exact) mass is 189 g/mol. The topological polar surface area (TPSA) is 46.6 Å². The van der Waals surface area contributed by atoms with Gasteiger partial charge < -0.3 is 4.74 Å². The first-order valence-corrected chi connectivity index (χ1v) is 4.57. The molecule has 5 heteroatoms. The van der Waals surface area contributed by atoms with Crippen LogP contribution in [0.5, 0.6) is 0 Å². The maximum Gasteiger partial charge on any atom is 0.295 e. The van der Waals surface area contributed by atoms with Crippen LogP contribution >= 0.6 is 11.8 Å². The second kappa shape index (κ2) is 3.35. The predicted molar refractivity (Wildman–Crippen MR) is 45.4 cm³/mol. The predicted octanol–water partition coefficient (Wildman–Crippen LogP) is 0.427. The summed E-state index contributed by atoms with van der Waals surface area (Å²) in [6.07, 6.45) is 0.314. The normalized spacial score (nSPS) is 26.8. The van der Waals surface area contributed by atoms with Crippen LogP contribution in [0.4, 0.5) is 0 Å². The van der Waals surface area contributed by atoms with E-state index in [-0.39, 0.29) is 4.87 Å². The first-order valence-electron chi connectivity index (χ1n) is 3.58. The molecule has 1 unspecified atom stereocenters. The third-order valence-corrected chi connectivity index (χ3v) is 3.21. The van der Waals surface area contributed by atoms with Crippen molar-refractivity contribution in [2.75, 3.05) is 5.75 Å². The van der Waals surface area contributed by atoms with E-state index in [2.05, 4.69) is 0 Å². The number of nitrogens with zero attached hydrogens (tertiary/aromatic N) is 1. The average molecular weight is 189 g/mol. The quantitative estimate of drug-likeness (QED) is 0.604. The highest BCUT2D eigenvalue weighted by atomic mass is 32.2. The van der Waals surface area contributed by atoms with Crippen LogP contribution in [-0.4, -0.2) is 34.6 Å². The summed E-state index contributed by atoms with van der Waals surface area (Å²) in [6, 6.07) is 0. The van der Waals surface area contributed by atoms with Crippen molar-refractivity contribution >= 4 is 24.6 Å². The van der Waals surface area contributed by atoms with Crippen LogP contribution in [0.2, 0.25) is 0 Å². The van der Waals surface area contributed by atoms with Crippen molar-refractivity contribution in [1.29, 1.82) is 0 Å². The highest BCUT2D eigenvalue weighted by Crippen LogP contribution is 2.37. The molecule has 1 heterocycles. The van der Waals surface area contributed by atoms with Crippen LogP contribution in [0.15, 0.2) is 0 Å². The molecule has 0 saturated carbocycles. The Morgan fingerprint density at radius 1 is 1.58 bits per heavy atom. The van der Waals surface area contributed by atoms with Crippen LogP contribution < -0.4 is 0 Å². The van der Waals surface area contributed by atoms with Gasteiger partial charge in [0.05, 0.1) is 10.6 Å². The summed E-state index contributed by atoms with van der Waals surface area (Å²) in [7, 11) is 0. The minimum atomic E-state index is -0.403. The molecule has 12 heavy (non-hydrogen) atoms. The maximum atomic E-state index is 10.6. The van der Waals surface area contributed by atoms with Crippen molar-refractivity contribution in [2.24, 2.45) is 0 Å². The Hall–Kier alpha value is -0.710. The molecule has 0 N–H and O–H groups in total. The standard InChI is InChI=1S/C7H11NO3S/c1-7(2)8(4-9)6(3-12-7)11-5-10/h4-6H,3H2,1-2H3. The van der Waals surface area contributed by atoms with Crippen molar-refractivity contribution in [3.8, 4) is 0 Å². The van der Waals surface area contributed by atoms with Crippen LogP contribution in [0.25, 0.3) is 0 Å². The van der Waals surface area contributed by atoms with Crippen molar-refractivity contribution in [3.05, 3.63) is 0 Å². The molecule has 0 aliphatic carbocycles. The van der Waals surface area contributed by atoms with E-state index < -0.39 is 6.23 Å².